The number of aliphatic hydroxyl groups is 1. The minimum atomic E-state index is -4.97. The summed E-state index contributed by atoms with van der Waals surface area (Å²) in [6, 6.07) is 0. The smallest absolute Gasteiger partial charge is 0.462 e. The quantitative estimate of drug-likeness (QED) is 0.0222. The van der Waals surface area contributed by atoms with Gasteiger partial charge in [-0.2, -0.15) is 0 Å². The molecule has 0 rings (SSSR count). The Labute approximate surface area is 702 Å². The van der Waals surface area contributed by atoms with Gasteiger partial charge in [-0.3, -0.25) is 37.3 Å². The molecule has 0 saturated carbocycles. The van der Waals surface area contributed by atoms with Crippen molar-refractivity contribution in [3.8, 4) is 0 Å². The second-order valence-corrected chi connectivity index (χ2v) is 37.5. The number of phosphoric ester groups is 2. The Morgan fingerprint density at radius 2 is 0.404 bits per heavy atom. The fourth-order valence-corrected chi connectivity index (χ4v) is 16.6. The van der Waals surface area contributed by atoms with Crippen LogP contribution in [0.3, 0.4) is 0 Å². The maximum Gasteiger partial charge on any atom is 0.472 e. The molecular weight excluding hydrogens is 1470 g/mol. The summed E-state index contributed by atoms with van der Waals surface area (Å²) >= 11 is 0. The van der Waals surface area contributed by atoms with Gasteiger partial charge in [0.2, 0.25) is 0 Å². The SMILES string of the molecule is CCCCCCCCCCCCCCCCCCCCCCCCC(=O)OC[C@H](COP(=O)(O)OC[C@@H](O)COP(=O)(O)OC[C@@H](COC(=O)CCCCCCCCCC(C)C)OC(=O)CCCCCCCCCCCCCCCCCCCCCC)OC(=O)CCCCCCCCCCCCCCCCCCCCCCCC. The van der Waals surface area contributed by atoms with Crippen molar-refractivity contribution in [2.75, 3.05) is 39.6 Å². The molecule has 0 spiro atoms. The molecule has 3 N–H and O–H groups in total. The van der Waals surface area contributed by atoms with Crippen LogP contribution < -0.4 is 0 Å². The molecule has 0 aliphatic rings. The fraction of sp³-hybridized carbons (Fsp3) is 0.958. The highest BCUT2D eigenvalue weighted by Gasteiger charge is 2.31. The molecule has 678 valence electrons. The zero-order valence-electron chi connectivity index (χ0n) is 75.2. The molecule has 0 heterocycles. The van der Waals surface area contributed by atoms with E-state index in [1.165, 1.54) is 340 Å². The molecule has 114 heavy (non-hydrogen) atoms. The van der Waals surface area contributed by atoms with E-state index in [4.69, 9.17) is 37.0 Å². The number of aliphatic hydroxyl groups excluding tert-OH is 1. The third-order valence-corrected chi connectivity index (χ3v) is 24.4. The normalized spacial score (nSPS) is 13.6. The highest BCUT2D eigenvalue weighted by atomic mass is 31.2. The zero-order chi connectivity index (χ0) is 83.3. The lowest BCUT2D eigenvalue weighted by Gasteiger charge is -2.21. The van der Waals surface area contributed by atoms with Crippen LogP contribution in [0, 0.1) is 5.92 Å². The van der Waals surface area contributed by atoms with Gasteiger partial charge >= 0.3 is 39.5 Å². The molecule has 0 bridgehead atoms. The van der Waals surface area contributed by atoms with Crippen molar-refractivity contribution in [2.45, 2.75) is 541 Å². The Hall–Kier alpha value is -1.94. The van der Waals surface area contributed by atoms with E-state index < -0.39 is 97.5 Å². The van der Waals surface area contributed by atoms with Crippen LogP contribution in [0.15, 0.2) is 0 Å². The fourth-order valence-electron chi connectivity index (χ4n) is 15.1. The molecule has 0 aliphatic heterocycles. The van der Waals surface area contributed by atoms with Gasteiger partial charge in [-0.25, -0.2) is 9.13 Å². The Bertz CT molecular complexity index is 2150. The second kappa shape index (κ2) is 87.4. The standard InChI is InChI=1S/C95H186O17P2/c1-6-9-12-15-18-21-24-27-30-33-36-39-41-44-46-49-52-55-58-63-68-73-78-92(97)105-84-90(111-94(99)80-75-70-65-60-57-54-51-48-45-42-40-37-34-31-28-25-22-19-16-13-10-7-2)86-109-113(101,102)107-82-89(96)83-108-114(103,104)110-87-91(85-106-93(98)79-74-69-66-61-62-67-72-77-88(4)5)112-95(100)81-76-71-64-59-56-53-50-47-43-38-35-32-29-26-23-20-17-14-11-8-3/h88-91,96H,6-87H2,1-5H3,(H,101,102)(H,103,104)/t89-,90-,91-/m1/s1. The number of hydrogen-bond acceptors (Lipinski definition) is 15. The summed E-state index contributed by atoms with van der Waals surface area (Å²) in [5, 5.41) is 10.7. The lowest BCUT2D eigenvalue weighted by Crippen LogP contribution is -2.30. The van der Waals surface area contributed by atoms with Gasteiger partial charge < -0.3 is 33.8 Å². The monoisotopic (exact) mass is 1660 g/mol. The van der Waals surface area contributed by atoms with E-state index in [9.17, 15) is 43.2 Å². The van der Waals surface area contributed by atoms with Crippen molar-refractivity contribution in [1.29, 1.82) is 0 Å². The van der Waals surface area contributed by atoms with E-state index in [-0.39, 0.29) is 25.7 Å². The van der Waals surface area contributed by atoms with E-state index in [0.29, 0.717) is 31.6 Å². The summed E-state index contributed by atoms with van der Waals surface area (Å²) in [6.45, 7) is 7.35. The highest BCUT2D eigenvalue weighted by molar-refractivity contribution is 7.47. The first-order chi connectivity index (χ1) is 55.5. The lowest BCUT2D eigenvalue weighted by molar-refractivity contribution is -0.161. The van der Waals surface area contributed by atoms with Crippen molar-refractivity contribution in [2.24, 2.45) is 5.92 Å². The minimum Gasteiger partial charge on any atom is -0.462 e. The van der Waals surface area contributed by atoms with Crippen LogP contribution in [0.4, 0.5) is 0 Å². The van der Waals surface area contributed by atoms with Gasteiger partial charge in [0.05, 0.1) is 26.4 Å². The Morgan fingerprint density at radius 3 is 0.596 bits per heavy atom. The van der Waals surface area contributed by atoms with Gasteiger partial charge in [0, 0.05) is 25.7 Å². The first-order valence-electron chi connectivity index (χ1n) is 49.1. The summed E-state index contributed by atoms with van der Waals surface area (Å²) in [5.41, 5.74) is 0. The predicted molar refractivity (Wildman–Crippen MR) is 474 cm³/mol. The Balaban J connectivity index is 5.20. The number of unbranched alkanes of at least 4 members (excludes halogenated alkanes) is 67. The van der Waals surface area contributed by atoms with Gasteiger partial charge in [0.15, 0.2) is 12.2 Å². The van der Waals surface area contributed by atoms with Crippen LogP contribution in [0.25, 0.3) is 0 Å². The Kier molecular flexibility index (Phi) is 85.9. The number of rotatable bonds is 95. The van der Waals surface area contributed by atoms with E-state index in [0.717, 1.165) is 96.3 Å². The first-order valence-corrected chi connectivity index (χ1v) is 52.1. The number of carbonyl (C=O) groups is 4. The molecule has 19 heteroatoms. The van der Waals surface area contributed by atoms with Crippen LogP contribution in [-0.4, -0.2) is 96.7 Å². The van der Waals surface area contributed by atoms with Crippen LogP contribution in [0.1, 0.15) is 523 Å². The molecule has 0 radical (unpaired) electrons. The second-order valence-electron chi connectivity index (χ2n) is 34.6. The summed E-state index contributed by atoms with van der Waals surface area (Å²) in [5.74, 6) is -1.39. The molecular formula is C95H186O17P2. The van der Waals surface area contributed by atoms with Crippen molar-refractivity contribution in [3.05, 3.63) is 0 Å². The van der Waals surface area contributed by atoms with Gasteiger partial charge in [-0.15, -0.1) is 0 Å². The summed E-state index contributed by atoms with van der Waals surface area (Å²) in [6.07, 6.45) is 85.2. The topological polar surface area (TPSA) is 237 Å². The van der Waals surface area contributed by atoms with Crippen LogP contribution in [0.5, 0.6) is 0 Å². The minimum absolute atomic E-state index is 0.109. The van der Waals surface area contributed by atoms with Gasteiger partial charge in [-0.05, 0) is 31.6 Å². The van der Waals surface area contributed by atoms with Crippen LogP contribution in [0.2, 0.25) is 0 Å². The highest BCUT2D eigenvalue weighted by Crippen LogP contribution is 2.45. The third-order valence-electron chi connectivity index (χ3n) is 22.5. The number of esters is 4. The number of carbonyl (C=O) groups excluding carboxylic acids is 4. The van der Waals surface area contributed by atoms with Crippen molar-refractivity contribution < 1.29 is 80.2 Å². The van der Waals surface area contributed by atoms with Gasteiger partial charge in [0.25, 0.3) is 0 Å². The lowest BCUT2D eigenvalue weighted by atomic mass is 10.0. The maximum absolute atomic E-state index is 13.2. The number of phosphoric acid groups is 2. The number of hydrogen-bond donors (Lipinski definition) is 3. The first kappa shape index (κ1) is 112. The van der Waals surface area contributed by atoms with Crippen LogP contribution in [-0.2, 0) is 65.4 Å². The van der Waals surface area contributed by atoms with E-state index in [1.54, 1.807) is 0 Å². The average Bonchev–Trinajstić information content (AvgIpc) is 0.902. The Morgan fingerprint density at radius 1 is 0.237 bits per heavy atom. The molecule has 0 aromatic rings. The summed E-state index contributed by atoms with van der Waals surface area (Å²) in [7, 11) is -9.94. The van der Waals surface area contributed by atoms with Crippen molar-refractivity contribution in [3.63, 3.8) is 0 Å². The molecule has 0 saturated heterocycles. The third kappa shape index (κ3) is 87.9. The largest absolute Gasteiger partial charge is 0.472 e. The van der Waals surface area contributed by atoms with E-state index in [1.807, 2.05) is 0 Å². The molecule has 0 aromatic carbocycles. The molecule has 5 atom stereocenters. The van der Waals surface area contributed by atoms with Crippen molar-refractivity contribution >= 4 is 39.5 Å². The summed E-state index contributed by atoms with van der Waals surface area (Å²) < 4.78 is 69.1. The van der Waals surface area contributed by atoms with E-state index in [2.05, 4.69) is 34.6 Å². The van der Waals surface area contributed by atoms with Gasteiger partial charge in [0.1, 0.15) is 19.3 Å². The molecule has 2 unspecified atom stereocenters. The van der Waals surface area contributed by atoms with Gasteiger partial charge in [-0.1, -0.05) is 471 Å². The zero-order valence-corrected chi connectivity index (χ0v) is 77.0. The van der Waals surface area contributed by atoms with Crippen LogP contribution >= 0.6 is 15.6 Å². The maximum atomic E-state index is 13.2. The molecule has 0 aliphatic carbocycles. The summed E-state index contributed by atoms with van der Waals surface area (Å²) in [4.78, 5) is 73.5. The molecule has 0 amide bonds. The van der Waals surface area contributed by atoms with E-state index >= 15 is 0 Å². The molecule has 0 aromatic heterocycles. The predicted octanol–water partition coefficient (Wildman–Crippen LogP) is 29.9. The van der Waals surface area contributed by atoms with Crippen molar-refractivity contribution in [1.82, 2.24) is 0 Å². The average molecular weight is 1660 g/mol. The number of ether oxygens (including phenoxy) is 4. The molecule has 17 nitrogen and oxygen atoms in total. The molecule has 0 fully saturated rings.